The lowest BCUT2D eigenvalue weighted by molar-refractivity contribution is 0.0323. The van der Waals surface area contributed by atoms with Gasteiger partial charge in [-0.1, -0.05) is 26.0 Å². The summed E-state index contributed by atoms with van der Waals surface area (Å²) in [4.78, 5) is 4.20. The molecule has 1 aromatic carbocycles. The van der Waals surface area contributed by atoms with Gasteiger partial charge in [-0.15, -0.1) is 11.3 Å². The molecular weight excluding hydrogens is 302 g/mol. The van der Waals surface area contributed by atoms with E-state index < -0.39 is 0 Å². The van der Waals surface area contributed by atoms with E-state index in [2.05, 4.69) is 42.3 Å². The predicted octanol–water partition coefficient (Wildman–Crippen LogP) is 4.22. The quantitative estimate of drug-likeness (QED) is 0.912. The molecule has 2 nitrogen and oxygen atoms in total. The lowest BCUT2D eigenvalue weighted by Crippen LogP contribution is -2.58. The molecule has 2 bridgehead atoms. The van der Waals surface area contributed by atoms with Gasteiger partial charge >= 0.3 is 0 Å². The second-order valence-electron chi connectivity index (χ2n) is 7.43. The van der Waals surface area contributed by atoms with Gasteiger partial charge in [-0.3, -0.25) is 4.90 Å². The first-order chi connectivity index (χ1) is 11.1. The fourth-order valence-electron chi connectivity index (χ4n) is 4.68. The van der Waals surface area contributed by atoms with Crippen molar-refractivity contribution in [3.8, 4) is 5.75 Å². The Kier molecular flexibility index (Phi) is 3.73. The van der Waals surface area contributed by atoms with Crippen molar-refractivity contribution in [2.45, 2.75) is 44.6 Å². The van der Waals surface area contributed by atoms with E-state index in [1.807, 2.05) is 23.5 Å². The number of aromatic hydroxyl groups is 1. The zero-order chi connectivity index (χ0) is 16.0. The standard InChI is InChI=1S/C20H25NOS/c1-14-19-12-15-5-6-16(22)13-18(15)20(14,2)8-10-21(19)9-7-17-4-3-11-23-17/h3-6,11,13-14,19,22H,7-10,12H2,1-2H3/t14-,19-,20+/m0/s1. The first kappa shape index (κ1) is 15.2. The number of phenols is 1. The fourth-order valence-corrected chi connectivity index (χ4v) is 5.38. The summed E-state index contributed by atoms with van der Waals surface area (Å²) in [5, 5.41) is 12.1. The van der Waals surface area contributed by atoms with E-state index in [-0.39, 0.29) is 5.41 Å². The smallest absolute Gasteiger partial charge is 0.115 e. The van der Waals surface area contributed by atoms with E-state index in [0.717, 1.165) is 6.42 Å². The molecule has 1 saturated heterocycles. The van der Waals surface area contributed by atoms with Crippen LogP contribution < -0.4 is 0 Å². The molecule has 1 aliphatic carbocycles. The van der Waals surface area contributed by atoms with E-state index in [9.17, 15) is 5.11 Å². The molecule has 23 heavy (non-hydrogen) atoms. The van der Waals surface area contributed by atoms with Crippen LogP contribution >= 0.6 is 11.3 Å². The molecule has 0 unspecified atom stereocenters. The number of thiophene rings is 1. The van der Waals surface area contributed by atoms with Crippen LogP contribution in [-0.2, 0) is 18.3 Å². The zero-order valence-electron chi connectivity index (χ0n) is 14.0. The highest BCUT2D eigenvalue weighted by Crippen LogP contribution is 2.49. The van der Waals surface area contributed by atoms with Gasteiger partial charge in [0.15, 0.2) is 0 Å². The summed E-state index contributed by atoms with van der Waals surface area (Å²) >= 11 is 1.87. The summed E-state index contributed by atoms with van der Waals surface area (Å²) in [7, 11) is 0. The Hall–Kier alpha value is -1.32. The van der Waals surface area contributed by atoms with Crippen molar-refractivity contribution in [1.29, 1.82) is 0 Å². The second-order valence-corrected chi connectivity index (χ2v) is 8.47. The molecule has 3 atom stereocenters. The van der Waals surface area contributed by atoms with Crippen molar-refractivity contribution < 1.29 is 5.11 Å². The highest BCUT2D eigenvalue weighted by molar-refractivity contribution is 7.09. The molecule has 0 radical (unpaired) electrons. The molecule has 3 heteroatoms. The maximum Gasteiger partial charge on any atom is 0.115 e. The van der Waals surface area contributed by atoms with Crippen LogP contribution in [0.25, 0.3) is 0 Å². The van der Waals surface area contributed by atoms with Crippen LogP contribution in [0, 0.1) is 5.92 Å². The SMILES string of the molecule is C[C@H]1[C@@H]2Cc3ccc(O)cc3[C@]1(C)CCN2CCc1cccs1. The average Bonchev–Trinajstić information content (AvgIpc) is 3.04. The molecule has 1 aromatic heterocycles. The summed E-state index contributed by atoms with van der Waals surface area (Å²) in [6, 6.07) is 11.0. The Morgan fingerprint density at radius 2 is 2.22 bits per heavy atom. The first-order valence-electron chi connectivity index (χ1n) is 8.67. The van der Waals surface area contributed by atoms with E-state index in [0.29, 0.717) is 17.7 Å². The molecule has 1 aliphatic heterocycles. The molecule has 4 rings (SSSR count). The third-order valence-corrected chi connectivity index (χ3v) is 7.27. The van der Waals surface area contributed by atoms with Crippen LogP contribution in [0.15, 0.2) is 35.7 Å². The number of hydrogen-bond acceptors (Lipinski definition) is 3. The monoisotopic (exact) mass is 327 g/mol. The number of nitrogens with zero attached hydrogens (tertiary/aromatic N) is 1. The van der Waals surface area contributed by atoms with Crippen molar-refractivity contribution in [3.63, 3.8) is 0 Å². The van der Waals surface area contributed by atoms with Crippen LogP contribution in [0.2, 0.25) is 0 Å². The van der Waals surface area contributed by atoms with Crippen molar-refractivity contribution in [1.82, 2.24) is 4.90 Å². The molecule has 2 aromatic rings. The van der Waals surface area contributed by atoms with Crippen LogP contribution in [0.3, 0.4) is 0 Å². The molecule has 2 heterocycles. The number of phenolic OH excluding ortho intramolecular Hbond substituents is 1. The Balaban J connectivity index is 1.59. The summed E-state index contributed by atoms with van der Waals surface area (Å²) < 4.78 is 0. The topological polar surface area (TPSA) is 23.5 Å². The largest absolute Gasteiger partial charge is 0.508 e. The lowest BCUT2D eigenvalue weighted by Gasteiger charge is -2.54. The summed E-state index contributed by atoms with van der Waals surface area (Å²) in [6.45, 7) is 7.15. The van der Waals surface area contributed by atoms with Gasteiger partial charge in [-0.2, -0.15) is 0 Å². The molecule has 1 fully saturated rings. The maximum absolute atomic E-state index is 9.92. The minimum atomic E-state index is 0.205. The van der Waals surface area contributed by atoms with Crippen molar-refractivity contribution in [3.05, 3.63) is 51.7 Å². The predicted molar refractivity (Wildman–Crippen MR) is 96.3 cm³/mol. The number of benzene rings is 1. The van der Waals surface area contributed by atoms with Gasteiger partial charge in [0.1, 0.15) is 5.75 Å². The van der Waals surface area contributed by atoms with Crippen molar-refractivity contribution in [2.24, 2.45) is 5.92 Å². The van der Waals surface area contributed by atoms with E-state index in [4.69, 9.17) is 0 Å². The van der Waals surface area contributed by atoms with Gasteiger partial charge < -0.3 is 5.11 Å². The van der Waals surface area contributed by atoms with Crippen LogP contribution in [0.5, 0.6) is 5.75 Å². The first-order valence-corrected chi connectivity index (χ1v) is 9.55. The Morgan fingerprint density at radius 3 is 3.00 bits per heavy atom. The maximum atomic E-state index is 9.92. The Labute approximate surface area is 142 Å². The zero-order valence-corrected chi connectivity index (χ0v) is 14.8. The molecule has 0 spiro atoms. The molecule has 1 N–H and O–H groups in total. The average molecular weight is 327 g/mol. The van der Waals surface area contributed by atoms with E-state index >= 15 is 0 Å². The third kappa shape index (κ3) is 2.50. The van der Waals surface area contributed by atoms with E-state index in [1.54, 1.807) is 0 Å². The van der Waals surface area contributed by atoms with Crippen LogP contribution in [0.4, 0.5) is 0 Å². The molecule has 0 saturated carbocycles. The minimum absolute atomic E-state index is 0.205. The second kappa shape index (κ2) is 5.64. The highest BCUT2D eigenvalue weighted by Gasteiger charge is 2.48. The van der Waals surface area contributed by atoms with Crippen LogP contribution in [0.1, 0.15) is 36.3 Å². The number of likely N-dealkylation sites (tertiary alicyclic amines) is 1. The number of piperidine rings is 1. The van der Waals surface area contributed by atoms with Gasteiger partial charge in [0.05, 0.1) is 0 Å². The third-order valence-electron chi connectivity index (χ3n) is 6.33. The Morgan fingerprint density at radius 1 is 1.35 bits per heavy atom. The normalized spacial score (nSPS) is 30.2. The van der Waals surface area contributed by atoms with Crippen LogP contribution in [-0.4, -0.2) is 29.1 Å². The molecule has 122 valence electrons. The summed E-state index contributed by atoms with van der Waals surface area (Å²) in [5.74, 6) is 1.05. The molecule has 2 aliphatic rings. The fraction of sp³-hybridized carbons (Fsp3) is 0.500. The molecule has 0 amide bonds. The number of fused-ring (bicyclic) bond motifs is 4. The number of rotatable bonds is 3. The Bertz CT molecular complexity index is 696. The van der Waals surface area contributed by atoms with Crippen molar-refractivity contribution in [2.75, 3.05) is 13.1 Å². The molecular formula is C20H25NOS. The van der Waals surface area contributed by atoms with E-state index in [1.165, 1.54) is 41.9 Å². The van der Waals surface area contributed by atoms with Gasteiger partial charge in [-0.25, -0.2) is 0 Å². The van der Waals surface area contributed by atoms with Gasteiger partial charge in [0.2, 0.25) is 0 Å². The summed E-state index contributed by atoms with van der Waals surface area (Å²) in [6.07, 6.45) is 3.47. The minimum Gasteiger partial charge on any atom is -0.508 e. The summed E-state index contributed by atoms with van der Waals surface area (Å²) in [5.41, 5.74) is 3.03. The lowest BCUT2D eigenvalue weighted by atomic mass is 9.59. The van der Waals surface area contributed by atoms with Gasteiger partial charge in [-0.05, 0) is 71.8 Å². The van der Waals surface area contributed by atoms with Gasteiger partial charge in [0.25, 0.3) is 0 Å². The van der Waals surface area contributed by atoms with Crippen molar-refractivity contribution >= 4 is 11.3 Å². The highest BCUT2D eigenvalue weighted by atomic mass is 32.1. The van der Waals surface area contributed by atoms with Gasteiger partial charge in [0, 0.05) is 17.5 Å². The number of hydrogen-bond donors (Lipinski definition) is 1.